The molecule has 4 heteroatoms. The number of rotatable bonds is 3. The molecule has 0 atom stereocenters. The molecule has 4 nitrogen and oxygen atoms in total. The van der Waals surface area contributed by atoms with Gasteiger partial charge in [-0.15, -0.1) is 0 Å². The number of aromatic nitrogens is 1. The normalized spacial score (nSPS) is 12.8. The van der Waals surface area contributed by atoms with Crippen LogP contribution in [0.3, 0.4) is 0 Å². The SMILES string of the molecule is O=C(NCc1ccccn1)Nc1ccc2c(c1)CCC2. The predicted octanol–water partition coefficient (Wildman–Crippen LogP) is 2.89. The van der Waals surface area contributed by atoms with Gasteiger partial charge < -0.3 is 10.6 Å². The van der Waals surface area contributed by atoms with Crippen LogP contribution >= 0.6 is 0 Å². The van der Waals surface area contributed by atoms with Crippen molar-refractivity contribution in [1.29, 1.82) is 0 Å². The van der Waals surface area contributed by atoms with Crippen molar-refractivity contribution in [1.82, 2.24) is 10.3 Å². The lowest BCUT2D eigenvalue weighted by Gasteiger charge is -2.09. The van der Waals surface area contributed by atoms with Gasteiger partial charge in [-0.2, -0.15) is 0 Å². The number of amides is 2. The molecule has 0 saturated heterocycles. The Hall–Kier alpha value is -2.36. The van der Waals surface area contributed by atoms with Crippen molar-refractivity contribution >= 4 is 11.7 Å². The number of fused-ring (bicyclic) bond motifs is 1. The van der Waals surface area contributed by atoms with Crippen LogP contribution in [0, 0.1) is 0 Å². The van der Waals surface area contributed by atoms with E-state index >= 15 is 0 Å². The molecule has 2 N–H and O–H groups in total. The largest absolute Gasteiger partial charge is 0.332 e. The summed E-state index contributed by atoms with van der Waals surface area (Å²) < 4.78 is 0. The summed E-state index contributed by atoms with van der Waals surface area (Å²) >= 11 is 0. The quantitative estimate of drug-likeness (QED) is 0.898. The number of carbonyl (C=O) groups is 1. The van der Waals surface area contributed by atoms with Gasteiger partial charge in [0.1, 0.15) is 0 Å². The summed E-state index contributed by atoms with van der Waals surface area (Å²) in [5, 5.41) is 5.67. The number of hydrogen-bond donors (Lipinski definition) is 2. The summed E-state index contributed by atoms with van der Waals surface area (Å²) in [5.74, 6) is 0. The van der Waals surface area contributed by atoms with Crippen LogP contribution in [0.1, 0.15) is 23.2 Å². The van der Waals surface area contributed by atoms with E-state index in [2.05, 4.69) is 27.8 Å². The Morgan fingerprint density at radius 1 is 1.15 bits per heavy atom. The summed E-state index contributed by atoms with van der Waals surface area (Å²) in [6, 6.07) is 11.6. The minimum Gasteiger partial charge on any atom is -0.332 e. The third-order valence-electron chi connectivity index (χ3n) is 3.51. The van der Waals surface area contributed by atoms with E-state index in [1.54, 1.807) is 6.20 Å². The van der Waals surface area contributed by atoms with E-state index in [0.29, 0.717) is 6.54 Å². The molecule has 0 aliphatic heterocycles. The first-order chi connectivity index (χ1) is 9.81. The zero-order valence-corrected chi connectivity index (χ0v) is 11.2. The van der Waals surface area contributed by atoms with Crippen LogP contribution in [0.25, 0.3) is 0 Å². The Balaban J connectivity index is 1.56. The molecule has 0 spiro atoms. The number of anilines is 1. The zero-order valence-electron chi connectivity index (χ0n) is 11.2. The lowest BCUT2D eigenvalue weighted by Crippen LogP contribution is -2.28. The molecular weight excluding hydrogens is 250 g/mol. The van der Waals surface area contributed by atoms with Crippen LogP contribution in [0.2, 0.25) is 0 Å². The maximum Gasteiger partial charge on any atom is 0.319 e. The number of carbonyl (C=O) groups excluding carboxylic acids is 1. The van der Waals surface area contributed by atoms with Gasteiger partial charge in [-0.05, 0) is 54.7 Å². The molecule has 20 heavy (non-hydrogen) atoms. The van der Waals surface area contributed by atoms with Crippen LogP contribution < -0.4 is 10.6 Å². The van der Waals surface area contributed by atoms with Crippen LogP contribution in [-0.2, 0) is 19.4 Å². The van der Waals surface area contributed by atoms with Gasteiger partial charge >= 0.3 is 6.03 Å². The van der Waals surface area contributed by atoms with E-state index in [0.717, 1.165) is 24.2 Å². The number of nitrogens with zero attached hydrogens (tertiary/aromatic N) is 1. The van der Waals surface area contributed by atoms with Crippen molar-refractivity contribution < 1.29 is 4.79 Å². The van der Waals surface area contributed by atoms with Crippen molar-refractivity contribution in [2.24, 2.45) is 0 Å². The summed E-state index contributed by atoms with van der Waals surface area (Å²) in [6.45, 7) is 0.428. The van der Waals surface area contributed by atoms with Crippen LogP contribution in [0.4, 0.5) is 10.5 Å². The third kappa shape index (κ3) is 2.96. The number of nitrogens with one attached hydrogen (secondary N) is 2. The van der Waals surface area contributed by atoms with E-state index in [1.807, 2.05) is 24.3 Å². The molecule has 0 saturated carbocycles. The topological polar surface area (TPSA) is 54.0 Å². The highest BCUT2D eigenvalue weighted by Gasteiger charge is 2.11. The van der Waals surface area contributed by atoms with Crippen molar-refractivity contribution in [2.75, 3.05) is 5.32 Å². The molecule has 102 valence electrons. The number of hydrogen-bond acceptors (Lipinski definition) is 2. The average Bonchev–Trinajstić information content (AvgIpc) is 2.94. The standard InChI is InChI=1S/C16H17N3O/c20-16(18-11-15-6-1-2-9-17-15)19-14-8-7-12-4-3-5-13(12)10-14/h1-2,6-10H,3-5,11H2,(H2,18,19,20). The molecule has 1 aromatic carbocycles. The van der Waals surface area contributed by atoms with Gasteiger partial charge in [0.2, 0.25) is 0 Å². The molecule has 1 heterocycles. The van der Waals surface area contributed by atoms with Crippen molar-refractivity contribution in [3.63, 3.8) is 0 Å². The number of pyridine rings is 1. The Morgan fingerprint density at radius 2 is 2.05 bits per heavy atom. The summed E-state index contributed by atoms with van der Waals surface area (Å²) in [6.07, 6.45) is 5.20. The predicted molar refractivity (Wildman–Crippen MR) is 78.6 cm³/mol. The van der Waals surface area contributed by atoms with Gasteiger partial charge in [0.05, 0.1) is 12.2 Å². The van der Waals surface area contributed by atoms with Gasteiger partial charge in [-0.3, -0.25) is 4.98 Å². The minimum atomic E-state index is -0.200. The minimum absolute atomic E-state index is 0.200. The van der Waals surface area contributed by atoms with Gasteiger partial charge in [0.15, 0.2) is 0 Å². The summed E-state index contributed by atoms with van der Waals surface area (Å²) in [7, 11) is 0. The molecule has 0 fully saturated rings. The molecule has 3 rings (SSSR count). The fraction of sp³-hybridized carbons (Fsp3) is 0.250. The number of urea groups is 1. The van der Waals surface area contributed by atoms with Crippen LogP contribution in [0.15, 0.2) is 42.6 Å². The van der Waals surface area contributed by atoms with E-state index < -0.39 is 0 Å². The van der Waals surface area contributed by atoms with Crippen molar-refractivity contribution in [3.05, 3.63) is 59.4 Å². The highest BCUT2D eigenvalue weighted by molar-refractivity contribution is 5.89. The lowest BCUT2D eigenvalue weighted by molar-refractivity contribution is 0.251. The summed E-state index contributed by atoms with van der Waals surface area (Å²) in [4.78, 5) is 16.0. The molecule has 2 aromatic rings. The number of benzene rings is 1. The maximum absolute atomic E-state index is 11.8. The molecule has 1 aliphatic rings. The first-order valence-corrected chi connectivity index (χ1v) is 6.88. The molecule has 1 aliphatic carbocycles. The Bertz CT molecular complexity index is 610. The van der Waals surface area contributed by atoms with Gasteiger partial charge in [0, 0.05) is 11.9 Å². The maximum atomic E-state index is 11.8. The van der Waals surface area contributed by atoms with Gasteiger partial charge in [0.25, 0.3) is 0 Å². The Labute approximate surface area is 118 Å². The van der Waals surface area contributed by atoms with Crippen LogP contribution in [0.5, 0.6) is 0 Å². The monoisotopic (exact) mass is 267 g/mol. The first kappa shape index (κ1) is 12.7. The van der Waals surface area contributed by atoms with Gasteiger partial charge in [-0.1, -0.05) is 12.1 Å². The van der Waals surface area contributed by atoms with E-state index in [1.165, 1.54) is 17.5 Å². The molecule has 2 amide bonds. The summed E-state index contributed by atoms with van der Waals surface area (Å²) in [5.41, 5.74) is 4.46. The molecule has 0 bridgehead atoms. The highest BCUT2D eigenvalue weighted by atomic mass is 16.2. The second-order valence-corrected chi connectivity index (χ2v) is 4.97. The lowest BCUT2D eigenvalue weighted by atomic mass is 10.1. The second-order valence-electron chi connectivity index (χ2n) is 4.97. The fourth-order valence-electron chi connectivity index (χ4n) is 2.50. The highest BCUT2D eigenvalue weighted by Crippen LogP contribution is 2.24. The molecule has 0 radical (unpaired) electrons. The molecule has 0 unspecified atom stereocenters. The van der Waals surface area contributed by atoms with E-state index in [4.69, 9.17) is 0 Å². The fourth-order valence-corrected chi connectivity index (χ4v) is 2.50. The Morgan fingerprint density at radius 3 is 2.90 bits per heavy atom. The van der Waals surface area contributed by atoms with E-state index in [9.17, 15) is 4.79 Å². The second kappa shape index (κ2) is 5.74. The first-order valence-electron chi connectivity index (χ1n) is 6.88. The van der Waals surface area contributed by atoms with Gasteiger partial charge in [-0.25, -0.2) is 4.79 Å². The van der Waals surface area contributed by atoms with Crippen LogP contribution in [-0.4, -0.2) is 11.0 Å². The van der Waals surface area contributed by atoms with Crippen molar-refractivity contribution in [2.45, 2.75) is 25.8 Å². The van der Waals surface area contributed by atoms with E-state index in [-0.39, 0.29) is 6.03 Å². The number of aryl methyl sites for hydroxylation is 2. The van der Waals surface area contributed by atoms with Crippen molar-refractivity contribution in [3.8, 4) is 0 Å². The zero-order chi connectivity index (χ0) is 13.8. The molecular formula is C16H17N3O. The smallest absolute Gasteiger partial charge is 0.319 e. The third-order valence-corrected chi connectivity index (χ3v) is 3.51. The average molecular weight is 267 g/mol. The molecule has 1 aromatic heterocycles. The Kier molecular flexibility index (Phi) is 3.63.